The first kappa shape index (κ1) is 19.3. The third-order valence-electron chi connectivity index (χ3n) is 4.75. The molecule has 3 heterocycles. The van der Waals surface area contributed by atoms with Gasteiger partial charge >= 0.3 is 0 Å². The van der Waals surface area contributed by atoms with Crippen molar-refractivity contribution >= 4 is 18.2 Å². The standard InChI is InChI=1S/C19H22N6O3S/c1-26-15-3-5-16(6-4-15)27-13-17-22-25(19(29)28-17)14-23-9-11-24(12-10-23)18-20-7-2-8-21-18/h2-8H,9-14H2,1H3/p+1. The Morgan fingerprint density at radius 2 is 1.79 bits per heavy atom. The van der Waals surface area contributed by atoms with Crippen LogP contribution in [0.5, 0.6) is 11.5 Å². The molecule has 0 unspecified atom stereocenters. The number of nitrogens with one attached hydrogen (secondary N) is 1. The Labute approximate surface area is 173 Å². The Morgan fingerprint density at radius 3 is 2.48 bits per heavy atom. The molecule has 4 rings (SSSR count). The summed E-state index contributed by atoms with van der Waals surface area (Å²) in [5.41, 5.74) is 0. The molecule has 0 atom stereocenters. The second kappa shape index (κ2) is 9.01. The quantitative estimate of drug-likeness (QED) is 0.571. The molecule has 0 spiro atoms. The molecule has 1 N–H and O–H groups in total. The molecule has 1 aromatic carbocycles. The fraction of sp³-hybridized carbons (Fsp3) is 0.368. The lowest BCUT2D eigenvalue weighted by Crippen LogP contribution is -3.14. The zero-order chi connectivity index (χ0) is 20.1. The van der Waals surface area contributed by atoms with Crippen LogP contribution >= 0.6 is 12.2 Å². The maximum absolute atomic E-state index is 5.71. The molecular weight excluding hydrogens is 392 g/mol. The van der Waals surface area contributed by atoms with Crippen LogP contribution < -0.4 is 19.3 Å². The number of ether oxygens (including phenoxy) is 2. The molecule has 10 heteroatoms. The average Bonchev–Trinajstić information content (AvgIpc) is 3.13. The van der Waals surface area contributed by atoms with Gasteiger partial charge in [0.15, 0.2) is 13.3 Å². The van der Waals surface area contributed by atoms with Gasteiger partial charge in [0.05, 0.1) is 33.3 Å². The summed E-state index contributed by atoms with van der Waals surface area (Å²) in [5.74, 6) is 2.73. The Morgan fingerprint density at radius 1 is 1.10 bits per heavy atom. The van der Waals surface area contributed by atoms with Gasteiger partial charge in [-0.3, -0.25) is 0 Å². The fourth-order valence-electron chi connectivity index (χ4n) is 3.17. The number of hydrogen-bond acceptors (Lipinski definition) is 8. The van der Waals surface area contributed by atoms with E-state index < -0.39 is 0 Å². The number of rotatable bonds is 7. The summed E-state index contributed by atoms with van der Waals surface area (Å²) in [5, 5.41) is 4.47. The summed E-state index contributed by atoms with van der Waals surface area (Å²) < 4.78 is 18.2. The van der Waals surface area contributed by atoms with Crippen LogP contribution in [0.15, 0.2) is 47.1 Å². The molecule has 1 saturated heterocycles. The molecule has 2 aromatic heterocycles. The van der Waals surface area contributed by atoms with Gasteiger partial charge < -0.3 is 23.7 Å². The monoisotopic (exact) mass is 415 g/mol. The normalized spacial score (nSPS) is 14.7. The Balaban J connectivity index is 1.30. The van der Waals surface area contributed by atoms with E-state index in [0.717, 1.165) is 37.9 Å². The third-order valence-corrected chi connectivity index (χ3v) is 5.04. The van der Waals surface area contributed by atoms with Crippen molar-refractivity contribution in [3.05, 3.63) is 53.5 Å². The second-order valence-corrected chi connectivity index (χ2v) is 7.02. The third kappa shape index (κ3) is 4.90. The number of aromatic nitrogens is 4. The first-order valence-corrected chi connectivity index (χ1v) is 9.81. The minimum absolute atomic E-state index is 0.220. The Hall–Kier alpha value is -2.98. The van der Waals surface area contributed by atoms with Crippen LogP contribution in [0.3, 0.4) is 0 Å². The van der Waals surface area contributed by atoms with E-state index in [1.807, 2.05) is 30.3 Å². The summed E-state index contributed by atoms with van der Waals surface area (Å²) in [7, 11) is 1.63. The highest BCUT2D eigenvalue weighted by Crippen LogP contribution is 2.18. The minimum atomic E-state index is 0.220. The predicted molar refractivity (Wildman–Crippen MR) is 108 cm³/mol. The number of piperazine rings is 1. The first-order chi connectivity index (χ1) is 14.2. The minimum Gasteiger partial charge on any atom is -0.497 e. The van der Waals surface area contributed by atoms with Crippen LogP contribution in [-0.4, -0.2) is 53.0 Å². The van der Waals surface area contributed by atoms with E-state index in [9.17, 15) is 0 Å². The van der Waals surface area contributed by atoms with Crippen LogP contribution in [0, 0.1) is 4.84 Å². The van der Waals surface area contributed by atoms with Crippen LogP contribution in [0.2, 0.25) is 0 Å². The molecule has 0 bridgehead atoms. The molecule has 1 aliphatic rings. The second-order valence-electron chi connectivity index (χ2n) is 6.67. The van der Waals surface area contributed by atoms with Gasteiger partial charge in [-0.2, -0.15) is 4.68 Å². The van der Waals surface area contributed by atoms with Gasteiger partial charge in [0.25, 0.3) is 10.7 Å². The maximum Gasteiger partial charge on any atom is 0.291 e. The molecule has 3 aromatic rings. The molecule has 152 valence electrons. The van der Waals surface area contributed by atoms with Crippen molar-refractivity contribution in [3.63, 3.8) is 0 Å². The number of nitrogens with zero attached hydrogens (tertiary/aromatic N) is 5. The van der Waals surface area contributed by atoms with Crippen molar-refractivity contribution in [1.82, 2.24) is 19.7 Å². The average molecular weight is 415 g/mol. The fourth-order valence-corrected chi connectivity index (χ4v) is 3.37. The maximum atomic E-state index is 5.71. The summed E-state index contributed by atoms with van der Waals surface area (Å²) in [6.07, 6.45) is 3.54. The van der Waals surface area contributed by atoms with Crippen molar-refractivity contribution in [3.8, 4) is 11.5 Å². The summed E-state index contributed by atoms with van der Waals surface area (Å²) in [6.45, 7) is 4.55. The van der Waals surface area contributed by atoms with E-state index in [2.05, 4.69) is 20.0 Å². The van der Waals surface area contributed by atoms with Crippen molar-refractivity contribution < 1.29 is 18.8 Å². The molecule has 0 saturated carbocycles. The molecule has 9 nitrogen and oxygen atoms in total. The number of quaternary nitrogens is 1. The van der Waals surface area contributed by atoms with E-state index in [4.69, 9.17) is 26.1 Å². The smallest absolute Gasteiger partial charge is 0.291 e. The van der Waals surface area contributed by atoms with Gasteiger partial charge in [0.1, 0.15) is 11.5 Å². The van der Waals surface area contributed by atoms with Crippen LogP contribution in [-0.2, 0) is 13.3 Å². The molecule has 1 aliphatic heterocycles. The first-order valence-electron chi connectivity index (χ1n) is 9.40. The summed E-state index contributed by atoms with van der Waals surface area (Å²) in [6, 6.07) is 9.18. The number of hydrogen-bond donors (Lipinski definition) is 1. The summed E-state index contributed by atoms with van der Waals surface area (Å²) >= 11 is 5.32. The topological polar surface area (TPSA) is 82.9 Å². The molecule has 0 amide bonds. The zero-order valence-corrected chi connectivity index (χ0v) is 17.0. The number of methoxy groups -OCH3 is 1. The van der Waals surface area contributed by atoms with Crippen molar-refractivity contribution in [2.24, 2.45) is 0 Å². The molecule has 0 aliphatic carbocycles. The lowest BCUT2D eigenvalue weighted by Gasteiger charge is -2.31. The lowest BCUT2D eigenvalue weighted by atomic mass is 10.3. The lowest BCUT2D eigenvalue weighted by molar-refractivity contribution is -0.924. The van der Waals surface area contributed by atoms with E-state index in [1.165, 1.54) is 4.90 Å². The Kier molecular flexibility index (Phi) is 6.01. The van der Waals surface area contributed by atoms with Gasteiger partial charge in [-0.05, 0) is 42.5 Å². The summed E-state index contributed by atoms with van der Waals surface area (Å²) in [4.78, 5) is 12.6. The van der Waals surface area contributed by atoms with Crippen molar-refractivity contribution in [1.29, 1.82) is 0 Å². The number of benzene rings is 1. The van der Waals surface area contributed by atoms with E-state index in [1.54, 1.807) is 24.2 Å². The van der Waals surface area contributed by atoms with Gasteiger partial charge in [0.2, 0.25) is 5.95 Å². The molecular formula is C19H23N6O3S+. The highest BCUT2D eigenvalue weighted by molar-refractivity contribution is 7.71. The Bertz CT molecular complexity index is 968. The highest BCUT2D eigenvalue weighted by Gasteiger charge is 2.22. The zero-order valence-electron chi connectivity index (χ0n) is 16.2. The number of anilines is 1. The molecule has 0 radical (unpaired) electrons. The van der Waals surface area contributed by atoms with Gasteiger partial charge in [-0.15, -0.1) is 5.10 Å². The van der Waals surface area contributed by atoms with E-state index >= 15 is 0 Å². The van der Waals surface area contributed by atoms with E-state index in [0.29, 0.717) is 23.1 Å². The van der Waals surface area contributed by atoms with Crippen LogP contribution in [0.1, 0.15) is 5.89 Å². The highest BCUT2D eigenvalue weighted by atomic mass is 32.1. The van der Waals surface area contributed by atoms with Crippen molar-refractivity contribution in [2.45, 2.75) is 13.3 Å². The van der Waals surface area contributed by atoms with Gasteiger partial charge in [-0.25, -0.2) is 9.97 Å². The molecule has 29 heavy (non-hydrogen) atoms. The van der Waals surface area contributed by atoms with Crippen LogP contribution in [0.25, 0.3) is 0 Å². The van der Waals surface area contributed by atoms with Crippen molar-refractivity contribution in [2.75, 3.05) is 38.2 Å². The van der Waals surface area contributed by atoms with E-state index in [-0.39, 0.29) is 6.61 Å². The molecule has 1 fully saturated rings. The SMILES string of the molecule is COc1ccc(OCc2nn(C[NH+]3CCN(c4ncccn4)CC3)c(=S)o2)cc1. The predicted octanol–water partition coefficient (Wildman–Crippen LogP) is 0.946. The van der Waals surface area contributed by atoms with Crippen LogP contribution in [0.4, 0.5) is 5.95 Å². The van der Waals surface area contributed by atoms with Gasteiger partial charge in [0, 0.05) is 12.4 Å². The van der Waals surface area contributed by atoms with Gasteiger partial charge in [-0.1, -0.05) is 0 Å². The largest absolute Gasteiger partial charge is 0.497 e.